The summed E-state index contributed by atoms with van der Waals surface area (Å²) in [5, 5.41) is 0. The molecule has 114 valence electrons. The summed E-state index contributed by atoms with van der Waals surface area (Å²) in [4.78, 5) is 0. The average Bonchev–Trinajstić information content (AvgIpc) is 2.50. The van der Waals surface area contributed by atoms with Gasteiger partial charge in [-0.2, -0.15) is 0 Å². The lowest BCUT2D eigenvalue weighted by Gasteiger charge is -2.27. The van der Waals surface area contributed by atoms with Crippen LogP contribution in [0.3, 0.4) is 0 Å². The zero-order valence-corrected chi connectivity index (χ0v) is 14.2. The summed E-state index contributed by atoms with van der Waals surface area (Å²) in [5.74, 6) is 7.34. The highest BCUT2D eigenvalue weighted by Gasteiger charge is 2.20. The molecule has 1 fully saturated rings. The van der Waals surface area contributed by atoms with Crippen LogP contribution in [0.1, 0.15) is 66.8 Å². The van der Waals surface area contributed by atoms with Gasteiger partial charge in [-0.3, -0.25) is 0 Å². The molecule has 0 nitrogen and oxygen atoms in total. The largest absolute Gasteiger partial charge is 0.0683 e. The second-order valence-electron chi connectivity index (χ2n) is 5.82. The lowest BCUT2D eigenvalue weighted by Crippen LogP contribution is -2.10. The van der Waals surface area contributed by atoms with Crippen LogP contribution in [0.2, 0.25) is 0 Å². The lowest BCUT2D eigenvalue weighted by molar-refractivity contribution is 0.418. The van der Waals surface area contributed by atoms with E-state index in [1.165, 1.54) is 36.0 Å². The Kier molecular flexibility index (Phi) is 5.84. The van der Waals surface area contributed by atoms with E-state index in [4.69, 9.17) is 0 Å². The molecule has 0 spiro atoms. The van der Waals surface area contributed by atoms with E-state index < -0.39 is 0 Å². The first kappa shape index (κ1) is 16.4. The molecule has 0 heteroatoms. The fourth-order valence-electron chi connectivity index (χ4n) is 2.66. The topological polar surface area (TPSA) is 0 Å². The van der Waals surface area contributed by atoms with Crippen LogP contribution in [0, 0.1) is 25.7 Å². The third-order valence-corrected chi connectivity index (χ3v) is 4.23. The molecule has 0 atom stereocenters. The normalized spacial score (nSPS) is 13.3. The van der Waals surface area contributed by atoms with E-state index in [2.05, 4.69) is 68.2 Å². The van der Waals surface area contributed by atoms with E-state index in [1.54, 1.807) is 0 Å². The van der Waals surface area contributed by atoms with Crippen LogP contribution in [-0.2, 0) is 0 Å². The van der Waals surface area contributed by atoms with Crippen molar-refractivity contribution in [3.05, 3.63) is 70.3 Å². The van der Waals surface area contributed by atoms with Crippen molar-refractivity contribution in [1.29, 1.82) is 0 Å². The number of aryl methyl sites for hydroxylation is 2. The van der Waals surface area contributed by atoms with Gasteiger partial charge in [-0.05, 0) is 68.0 Å². The zero-order valence-electron chi connectivity index (χ0n) is 14.2. The highest BCUT2D eigenvalue weighted by Crippen LogP contribution is 2.38. The van der Waals surface area contributed by atoms with E-state index in [1.807, 2.05) is 13.8 Å². The summed E-state index contributed by atoms with van der Waals surface area (Å²) in [6.07, 6.45) is 4.06. The maximum Gasteiger partial charge on any atom is 0.0252 e. The van der Waals surface area contributed by atoms with Gasteiger partial charge in [0.05, 0.1) is 0 Å². The Bertz CT molecular complexity index is 661. The summed E-state index contributed by atoms with van der Waals surface area (Å²) < 4.78 is 0. The smallest absolute Gasteiger partial charge is 0.0252 e. The Balaban J connectivity index is 0.000000847. The molecule has 22 heavy (non-hydrogen) atoms. The molecule has 2 aromatic rings. The summed E-state index contributed by atoms with van der Waals surface area (Å²) in [5.41, 5.74) is 6.42. The van der Waals surface area contributed by atoms with Crippen LogP contribution in [0.4, 0.5) is 0 Å². The van der Waals surface area contributed by atoms with Crippen molar-refractivity contribution in [2.24, 2.45) is 0 Å². The average molecular weight is 290 g/mol. The van der Waals surface area contributed by atoms with E-state index >= 15 is 0 Å². The van der Waals surface area contributed by atoms with Crippen molar-refractivity contribution < 1.29 is 0 Å². The fraction of sp³-hybridized carbons (Fsp3) is 0.364. The van der Waals surface area contributed by atoms with Crippen molar-refractivity contribution in [2.45, 2.75) is 52.9 Å². The van der Waals surface area contributed by atoms with Gasteiger partial charge in [0, 0.05) is 11.1 Å². The highest BCUT2D eigenvalue weighted by atomic mass is 14.3. The van der Waals surface area contributed by atoms with Crippen LogP contribution >= 0.6 is 0 Å². The highest BCUT2D eigenvalue weighted by molar-refractivity contribution is 5.46. The minimum atomic E-state index is 0.774. The molecule has 0 heterocycles. The molecule has 0 radical (unpaired) electrons. The molecule has 1 aliphatic carbocycles. The zero-order chi connectivity index (χ0) is 15.9. The quantitative estimate of drug-likeness (QED) is 0.565. The predicted molar refractivity (Wildman–Crippen MR) is 96.3 cm³/mol. The number of benzene rings is 2. The van der Waals surface area contributed by atoms with Crippen molar-refractivity contribution in [1.82, 2.24) is 0 Å². The monoisotopic (exact) mass is 290 g/mol. The molecule has 3 rings (SSSR count). The predicted octanol–water partition coefficient (Wildman–Crippen LogP) is 6.00. The molecule has 0 aromatic heterocycles. The van der Waals surface area contributed by atoms with Crippen molar-refractivity contribution >= 4 is 0 Å². The van der Waals surface area contributed by atoms with Gasteiger partial charge in [-0.25, -0.2) is 0 Å². The molecular formula is C22H26. The Labute approximate surface area is 135 Å². The first-order valence-electron chi connectivity index (χ1n) is 8.41. The third kappa shape index (κ3) is 4.01. The first-order chi connectivity index (χ1) is 10.7. The molecule has 1 aliphatic rings. The van der Waals surface area contributed by atoms with Gasteiger partial charge in [-0.15, -0.1) is 0 Å². The van der Waals surface area contributed by atoms with Crippen molar-refractivity contribution in [3.63, 3.8) is 0 Å². The van der Waals surface area contributed by atoms with Gasteiger partial charge in [0.2, 0.25) is 0 Å². The Morgan fingerprint density at radius 2 is 1.41 bits per heavy atom. The third-order valence-electron chi connectivity index (χ3n) is 4.23. The van der Waals surface area contributed by atoms with Crippen molar-refractivity contribution in [2.75, 3.05) is 0 Å². The van der Waals surface area contributed by atoms with Crippen LogP contribution in [0.15, 0.2) is 42.5 Å². The van der Waals surface area contributed by atoms with E-state index in [0.717, 1.165) is 17.0 Å². The van der Waals surface area contributed by atoms with Crippen molar-refractivity contribution in [3.8, 4) is 11.8 Å². The van der Waals surface area contributed by atoms with Gasteiger partial charge >= 0.3 is 0 Å². The second kappa shape index (κ2) is 7.85. The van der Waals surface area contributed by atoms with Gasteiger partial charge in [-0.1, -0.05) is 55.9 Å². The Morgan fingerprint density at radius 1 is 0.818 bits per heavy atom. The molecule has 0 N–H and O–H groups in total. The molecule has 0 aliphatic heterocycles. The summed E-state index contributed by atoms with van der Waals surface area (Å²) >= 11 is 0. The Hall–Kier alpha value is -2.00. The van der Waals surface area contributed by atoms with Crippen LogP contribution in [-0.4, -0.2) is 0 Å². The van der Waals surface area contributed by atoms with Crippen LogP contribution < -0.4 is 0 Å². The molecule has 2 aromatic carbocycles. The number of rotatable bonds is 1. The summed E-state index contributed by atoms with van der Waals surface area (Å²) in [6, 6.07) is 15.0. The minimum Gasteiger partial charge on any atom is -0.0683 e. The number of hydrogen-bond acceptors (Lipinski definition) is 0. The summed E-state index contributed by atoms with van der Waals surface area (Å²) in [7, 11) is 0. The van der Waals surface area contributed by atoms with Gasteiger partial charge in [0.15, 0.2) is 0 Å². The van der Waals surface area contributed by atoms with Crippen LogP contribution in [0.5, 0.6) is 0 Å². The summed E-state index contributed by atoms with van der Waals surface area (Å²) in [6.45, 7) is 8.31. The molecule has 0 unspecified atom stereocenters. The second-order valence-corrected chi connectivity index (χ2v) is 5.82. The molecule has 0 saturated heterocycles. The standard InChI is InChI=1S/C20H20.C2H6/c1-15-6-9-17(10-7-15)12-13-18-11-8-16(2)20(14-18)19-4-3-5-19;1-2/h6-11,14,19H,3-5H2,1-2H3;1-2H3. The molecule has 1 saturated carbocycles. The number of hydrogen-bond donors (Lipinski definition) is 0. The fourth-order valence-corrected chi connectivity index (χ4v) is 2.66. The van der Waals surface area contributed by atoms with E-state index in [-0.39, 0.29) is 0 Å². The minimum absolute atomic E-state index is 0.774. The first-order valence-corrected chi connectivity index (χ1v) is 8.41. The van der Waals surface area contributed by atoms with Gasteiger partial charge < -0.3 is 0 Å². The van der Waals surface area contributed by atoms with Gasteiger partial charge in [0.1, 0.15) is 0 Å². The molecule has 0 amide bonds. The van der Waals surface area contributed by atoms with Gasteiger partial charge in [0.25, 0.3) is 0 Å². The lowest BCUT2D eigenvalue weighted by atomic mass is 9.78. The SMILES string of the molecule is CC.Cc1ccc(C#Cc2ccc(C)c(C3CCC3)c2)cc1. The maximum atomic E-state index is 3.30. The molecule has 0 bridgehead atoms. The Morgan fingerprint density at radius 3 is 2.00 bits per heavy atom. The van der Waals surface area contributed by atoms with Crippen LogP contribution in [0.25, 0.3) is 0 Å². The molecular weight excluding hydrogens is 264 g/mol. The van der Waals surface area contributed by atoms with E-state index in [0.29, 0.717) is 0 Å². The maximum absolute atomic E-state index is 3.30. The van der Waals surface area contributed by atoms with E-state index in [9.17, 15) is 0 Å².